The second-order valence-corrected chi connectivity index (χ2v) is 11.8. The van der Waals surface area contributed by atoms with Crippen LogP contribution in [0.2, 0.25) is 0 Å². The van der Waals surface area contributed by atoms with Crippen molar-refractivity contribution in [3.8, 4) is 11.4 Å². The van der Waals surface area contributed by atoms with E-state index in [4.69, 9.17) is 4.98 Å². The Morgan fingerprint density at radius 2 is 2.09 bits per heavy atom. The lowest BCUT2D eigenvalue weighted by molar-refractivity contribution is 0.299. The van der Waals surface area contributed by atoms with Gasteiger partial charge in [0.15, 0.2) is 11.0 Å². The molecule has 0 bridgehead atoms. The zero-order chi connectivity index (χ0) is 22.6. The van der Waals surface area contributed by atoms with Crippen molar-refractivity contribution in [3.63, 3.8) is 0 Å². The summed E-state index contributed by atoms with van der Waals surface area (Å²) in [6.07, 6.45) is 4.37. The highest BCUT2D eigenvalue weighted by Gasteiger charge is 2.60. The van der Waals surface area contributed by atoms with Crippen LogP contribution in [-0.2, 0) is 12.5 Å². The first kappa shape index (κ1) is 21.3. The number of benzene rings is 1. The third kappa shape index (κ3) is 3.88. The Bertz CT molecular complexity index is 1310. The number of piperidine rings is 1. The molecule has 170 valence electrons. The summed E-state index contributed by atoms with van der Waals surface area (Å²) in [6.45, 7) is 7.65. The molecule has 6 rings (SSSR count). The van der Waals surface area contributed by atoms with E-state index in [0.29, 0.717) is 5.41 Å². The first-order valence-electron chi connectivity index (χ1n) is 11.6. The van der Waals surface area contributed by atoms with E-state index in [1.165, 1.54) is 35.3 Å². The van der Waals surface area contributed by atoms with Gasteiger partial charge in [-0.3, -0.25) is 4.98 Å². The average Bonchev–Trinajstić information content (AvgIpc) is 3.08. The number of hydrogen-bond donors (Lipinski definition) is 0. The molecule has 0 spiro atoms. The zero-order valence-electron chi connectivity index (χ0n) is 19.3. The predicted octanol–water partition coefficient (Wildman–Crippen LogP) is 4.86. The smallest absolute Gasteiger partial charge is 0.191 e. The summed E-state index contributed by atoms with van der Waals surface area (Å²) in [4.78, 5) is 11.8. The Hall–Kier alpha value is -2.29. The number of aromatic nitrogens is 5. The molecule has 1 saturated carbocycles. The lowest BCUT2D eigenvalue weighted by atomic mass is 9.95. The van der Waals surface area contributed by atoms with Gasteiger partial charge in [-0.05, 0) is 69.0 Å². The van der Waals surface area contributed by atoms with Gasteiger partial charge in [-0.25, -0.2) is 4.98 Å². The number of nitrogens with zero attached hydrogens (tertiary/aromatic N) is 6. The van der Waals surface area contributed by atoms with Crippen molar-refractivity contribution in [3.05, 3.63) is 52.8 Å². The molecule has 2 aliphatic rings. The Labute approximate surface area is 202 Å². The number of likely N-dealkylation sites (tertiary alicyclic amines) is 1. The first-order chi connectivity index (χ1) is 16.0. The molecule has 1 unspecified atom stereocenters. The summed E-state index contributed by atoms with van der Waals surface area (Å²) in [7, 11) is 2.04. The van der Waals surface area contributed by atoms with E-state index in [0.717, 1.165) is 51.9 Å². The maximum atomic E-state index is 4.72. The lowest BCUT2D eigenvalue weighted by Crippen LogP contribution is -2.27. The molecular formula is C25H28N6S2. The third-order valence-corrected chi connectivity index (χ3v) is 9.20. The molecule has 1 aliphatic carbocycles. The number of thioether (sulfide) groups is 1. The van der Waals surface area contributed by atoms with E-state index in [1.807, 2.05) is 26.2 Å². The maximum Gasteiger partial charge on any atom is 0.191 e. The minimum absolute atomic E-state index is 0.374. The second kappa shape index (κ2) is 8.18. The van der Waals surface area contributed by atoms with Crippen LogP contribution >= 0.6 is 23.1 Å². The fourth-order valence-electron chi connectivity index (χ4n) is 5.30. The highest BCUT2D eigenvalue weighted by Crippen LogP contribution is 2.59. The number of rotatable bonds is 7. The van der Waals surface area contributed by atoms with E-state index in [1.54, 1.807) is 23.1 Å². The van der Waals surface area contributed by atoms with E-state index >= 15 is 0 Å². The van der Waals surface area contributed by atoms with Crippen molar-refractivity contribution in [1.82, 2.24) is 29.6 Å². The molecule has 0 N–H and O–H groups in total. The van der Waals surface area contributed by atoms with Crippen LogP contribution in [0.25, 0.3) is 21.6 Å². The largest absolute Gasteiger partial charge is 0.305 e. The van der Waals surface area contributed by atoms with Gasteiger partial charge in [0.25, 0.3) is 0 Å². The van der Waals surface area contributed by atoms with E-state index in [-0.39, 0.29) is 0 Å². The minimum Gasteiger partial charge on any atom is -0.305 e. The summed E-state index contributed by atoms with van der Waals surface area (Å²) in [5.74, 6) is 2.74. The highest BCUT2D eigenvalue weighted by atomic mass is 32.2. The third-order valence-electron chi connectivity index (χ3n) is 7.14. The summed E-state index contributed by atoms with van der Waals surface area (Å²) in [5.41, 5.74) is 5.07. The molecule has 0 amide bonds. The van der Waals surface area contributed by atoms with E-state index in [9.17, 15) is 0 Å². The quantitative estimate of drug-likeness (QED) is 0.280. The topological polar surface area (TPSA) is 59.7 Å². The molecule has 1 aliphatic heterocycles. The van der Waals surface area contributed by atoms with Crippen LogP contribution in [0.4, 0.5) is 0 Å². The minimum atomic E-state index is 0.374. The molecule has 6 nitrogen and oxygen atoms in total. The number of thiazole rings is 1. The molecule has 2 atom stereocenters. The van der Waals surface area contributed by atoms with Gasteiger partial charge in [0, 0.05) is 48.8 Å². The predicted molar refractivity (Wildman–Crippen MR) is 135 cm³/mol. The molecule has 4 heterocycles. The van der Waals surface area contributed by atoms with Gasteiger partial charge in [0.05, 0.1) is 15.2 Å². The second-order valence-electron chi connectivity index (χ2n) is 9.46. The SMILES string of the molecule is Cc1ccc(-c2nnc(SCCCN3C[C@H]4CC4(c4ccc5sc(C)nc5c4)C3)n2C)cn1. The Morgan fingerprint density at radius 1 is 1.18 bits per heavy atom. The summed E-state index contributed by atoms with van der Waals surface area (Å²) >= 11 is 3.59. The standard InChI is InChI=1S/C25H28N6S2/c1-16-5-6-18(13-26-16)23-28-29-24(30(23)3)32-10-4-9-31-14-20-12-25(20,15-31)19-7-8-22-21(11-19)27-17(2)33-22/h5-8,11,13,20H,4,9-10,12,14-15H2,1-3H3/t20-,25?/m1/s1. The fraction of sp³-hybridized carbons (Fsp3) is 0.440. The molecule has 2 fully saturated rings. The van der Waals surface area contributed by atoms with Gasteiger partial charge in [0.1, 0.15) is 0 Å². The lowest BCUT2D eigenvalue weighted by Gasteiger charge is -2.21. The van der Waals surface area contributed by atoms with Crippen LogP contribution in [0.15, 0.2) is 41.7 Å². The normalized spacial score (nSPS) is 22.2. The number of fused-ring (bicyclic) bond motifs is 2. The Balaban J connectivity index is 1.03. The van der Waals surface area contributed by atoms with Crippen molar-refractivity contribution in [1.29, 1.82) is 0 Å². The summed E-state index contributed by atoms with van der Waals surface area (Å²) < 4.78 is 3.38. The molecule has 3 aromatic heterocycles. The maximum absolute atomic E-state index is 4.72. The van der Waals surface area contributed by atoms with Crippen LogP contribution in [0.3, 0.4) is 0 Å². The van der Waals surface area contributed by atoms with Crippen LogP contribution in [0.5, 0.6) is 0 Å². The summed E-state index contributed by atoms with van der Waals surface area (Å²) in [5, 5.41) is 10.9. The average molecular weight is 477 g/mol. The monoisotopic (exact) mass is 476 g/mol. The molecule has 4 aromatic rings. The molecule has 1 saturated heterocycles. The van der Waals surface area contributed by atoms with Crippen molar-refractivity contribution in [2.24, 2.45) is 13.0 Å². The van der Waals surface area contributed by atoms with Gasteiger partial charge < -0.3 is 9.47 Å². The van der Waals surface area contributed by atoms with Gasteiger partial charge in [-0.15, -0.1) is 21.5 Å². The van der Waals surface area contributed by atoms with Crippen molar-refractivity contribution < 1.29 is 0 Å². The van der Waals surface area contributed by atoms with Crippen LogP contribution < -0.4 is 0 Å². The van der Waals surface area contributed by atoms with E-state index in [2.05, 4.69) is 55.8 Å². The van der Waals surface area contributed by atoms with Gasteiger partial charge >= 0.3 is 0 Å². The molecule has 0 radical (unpaired) electrons. The Morgan fingerprint density at radius 3 is 2.94 bits per heavy atom. The van der Waals surface area contributed by atoms with Gasteiger partial charge in [0.2, 0.25) is 0 Å². The van der Waals surface area contributed by atoms with Gasteiger partial charge in [-0.1, -0.05) is 17.8 Å². The first-order valence-corrected chi connectivity index (χ1v) is 13.4. The summed E-state index contributed by atoms with van der Waals surface area (Å²) in [6, 6.07) is 11.1. The van der Waals surface area contributed by atoms with E-state index < -0.39 is 0 Å². The molecule has 33 heavy (non-hydrogen) atoms. The molecule has 8 heteroatoms. The number of aryl methyl sites for hydroxylation is 2. The van der Waals surface area contributed by atoms with Crippen LogP contribution in [-0.4, -0.2) is 55.0 Å². The van der Waals surface area contributed by atoms with Gasteiger partial charge in [-0.2, -0.15) is 0 Å². The number of pyridine rings is 1. The van der Waals surface area contributed by atoms with Crippen molar-refractivity contribution in [2.45, 2.75) is 37.3 Å². The van der Waals surface area contributed by atoms with Crippen LogP contribution in [0, 0.1) is 19.8 Å². The molecule has 1 aromatic carbocycles. The number of hydrogen-bond acceptors (Lipinski definition) is 7. The van der Waals surface area contributed by atoms with Crippen LogP contribution in [0.1, 0.15) is 29.1 Å². The Kier molecular flexibility index (Phi) is 5.27. The molecular weight excluding hydrogens is 448 g/mol. The van der Waals surface area contributed by atoms with Crippen molar-refractivity contribution in [2.75, 3.05) is 25.4 Å². The fourth-order valence-corrected chi connectivity index (χ4v) is 6.94. The van der Waals surface area contributed by atoms with Crippen molar-refractivity contribution >= 4 is 33.3 Å². The zero-order valence-corrected chi connectivity index (χ0v) is 20.9. The highest BCUT2D eigenvalue weighted by molar-refractivity contribution is 7.99.